The number of phenolic OH excluding ortho intramolecular Hbond substituents is 1. The lowest BCUT2D eigenvalue weighted by molar-refractivity contribution is 0.170. The Labute approximate surface area is 247 Å². The van der Waals surface area contributed by atoms with Crippen molar-refractivity contribution in [2.75, 3.05) is 44.2 Å². The van der Waals surface area contributed by atoms with Crippen molar-refractivity contribution in [3.63, 3.8) is 0 Å². The van der Waals surface area contributed by atoms with E-state index in [4.69, 9.17) is 9.72 Å². The van der Waals surface area contributed by atoms with E-state index in [1.165, 1.54) is 37.1 Å². The highest BCUT2D eigenvalue weighted by molar-refractivity contribution is 6.01. The molecule has 8 rings (SSSR count). The third-order valence-corrected chi connectivity index (χ3v) is 9.79. The van der Waals surface area contributed by atoms with Crippen molar-refractivity contribution < 1.29 is 23.0 Å². The molecule has 3 aliphatic heterocycles. The average Bonchev–Trinajstić information content (AvgIpc) is 3.40. The largest absolute Gasteiger partial charge is 0.508 e. The lowest BCUT2D eigenvalue weighted by Gasteiger charge is -2.34. The highest BCUT2D eigenvalue weighted by atomic mass is 19.2. The molecule has 4 heterocycles. The van der Waals surface area contributed by atoms with E-state index in [1.807, 2.05) is 0 Å². The van der Waals surface area contributed by atoms with Crippen LogP contribution in [-0.4, -0.2) is 71.4 Å². The number of nitrogens with one attached hydrogen (secondary N) is 1. The number of piperazine rings is 1. The molecule has 43 heavy (non-hydrogen) atoms. The van der Waals surface area contributed by atoms with Crippen LogP contribution in [0.1, 0.15) is 38.5 Å². The Kier molecular flexibility index (Phi) is 6.41. The number of hydrogen-bond donors (Lipinski definition) is 2. The number of hydrogen-bond acceptors (Lipinski definition) is 7. The first-order chi connectivity index (χ1) is 20.9. The van der Waals surface area contributed by atoms with Crippen molar-refractivity contribution in [3.8, 4) is 22.9 Å². The van der Waals surface area contributed by atoms with Crippen molar-refractivity contribution in [1.29, 1.82) is 0 Å². The molecule has 2 unspecified atom stereocenters. The van der Waals surface area contributed by atoms with Crippen molar-refractivity contribution in [3.05, 3.63) is 53.8 Å². The van der Waals surface area contributed by atoms with Crippen LogP contribution in [0.15, 0.2) is 36.4 Å². The molecule has 10 heteroatoms. The minimum absolute atomic E-state index is 0.0153. The first kappa shape index (κ1) is 27.0. The number of anilines is 1. The zero-order valence-corrected chi connectivity index (χ0v) is 23.9. The van der Waals surface area contributed by atoms with E-state index in [0.717, 1.165) is 64.5 Å². The molecule has 1 aliphatic carbocycles. The lowest BCUT2D eigenvalue weighted by Crippen LogP contribution is -2.51. The van der Waals surface area contributed by atoms with E-state index in [-0.39, 0.29) is 44.6 Å². The van der Waals surface area contributed by atoms with E-state index < -0.39 is 17.5 Å². The highest BCUT2D eigenvalue weighted by Gasteiger charge is 2.45. The standard InChI is InChI=1S/C33H34F3N5O2/c34-26-8-3-19-13-22(42)14-25(27(19)29(26)36)23-6-7-24-30(28(23)35)38-32(39-31(24)41-15-20-4-5-21(16-41)37-20)43-18-33(9-10-33)17-40-11-1-2-12-40/h3,6-8,13-14,20-21,37,42H,1-2,4-5,9-12,15-18H2. The monoisotopic (exact) mass is 589 g/mol. The number of phenols is 1. The van der Waals surface area contributed by atoms with Crippen molar-refractivity contribution in [1.82, 2.24) is 20.2 Å². The summed E-state index contributed by atoms with van der Waals surface area (Å²) in [5.74, 6) is -2.39. The van der Waals surface area contributed by atoms with Gasteiger partial charge in [0.05, 0.1) is 6.61 Å². The summed E-state index contributed by atoms with van der Waals surface area (Å²) in [6.45, 7) is 5.17. The number of aromatic nitrogens is 2. The van der Waals surface area contributed by atoms with Gasteiger partial charge in [-0.25, -0.2) is 13.2 Å². The van der Waals surface area contributed by atoms with Crippen LogP contribution in [-0.2, 0) is 0 Å². The highest BCUT2D eigenvalue weighted by Crippen LogP contribution is 2.47. The van der Waals surface area contributed by atoms with Gasteiger partial charge < -0.3 is 25.0 Å². The maximum Gasteiger partial charge on any atom is 0.319 e. The second-order valence-electron chi connectivity index (χ2n) is 12.9. The van der Waals surface area contributed by atoms with E-state index in [0.29, 0.717) is 29.9 Å². The van der Waals surface area contributed by atoms with E-state index in [2.05, 4.69) is 20.1 Å². The van der Waals surface area contributed by atoms with Crippen molar-refractivity contribution in [2.45, 2.75) is 50.6 Å². The second kappa shape index (κ2) is 10.2. The predicted octanol–water partition coefficient (Wildman–Crippen LogP) is 5.77. The van der Waals surface area contributed by atoms with Gasteiger partial charge in [-0.1, -0.05) is 12.1 Å². The number of rotatable bonds is 7. The molecule has 4 fully saturated rings. The fraction of sp³-hybridized carbons (Fsp3) is 0.455. The van der Waals surface area contributed by atoms with Gasteiger partial charge in [0.25, 0.3) is 0 Å². The molecule has 7 nitrogen and oxygen atoms in total. The molecule has 224 valence electrons. The summed E-state index contributed by atoms with van der Waals surface area (Å²) in [6, 6.07) is 9.03. The summed E-state index contributed by atoms with van der Waals surface area (Å²) in [6.07, 6.45) is 6.78. The number of ether oxygens (including phenoxy) is 1. The number of aromatic hydroxyl groups is 1. The maximum atomic E-state index is 16.6. The summed E-state index contributed by atoms with van der Waals surface area (Å²) in [5.41, 5.74) is 0.193. The SMILES string of the molecule is Oc1cc(-c2ccc3c(N4CC5CCC(C4)N5)nc(OCC4(CN5CCCC5)CC4)nc3c2F)c2c(F)c(F)ccc2c1. The van der Waals surface area contributed by atoms with E-state index in [1.54, 1.807) is 6.07 Å². The molecular formula is C33H34F3N5O2. The minimum atomic E-state index is -1.09. The van der Waals surface area contributed by atoms with Gasteiger partial charge >= 0.3 is 6.01 Å². The molecule has 2 atom stereocenters. The Morgan fingerprint density at radius 3 is 2.44 bits per heavy atom. The van der Waals surface area contributed by atoms with Crippen LogP contribution < -0.4 is 15.0 Å². The molecule has 0 radical (unpaired) electrons. The molecule has 1 saturated carbocycles. The number of fused-ring (bicyclic) bond motifs is 4. The summed E-state index contributed by atoms with van der Waals surface area (Å²) in [4.78, 5) is 14.1. The molecule has 2 N–H and O–H groups in total. The van der Waals surface area contributed by atoms with Crippen LogP contribution in [0.3, 0.4) is 0 Å². The summed E-state index contributed by atoms with van der Waals surface area (Å²) >= 11 is 0. The topological polar surface area (TPSA) is 73.8 Å². The Morgan fingerprint density at radius 1 is 0.930 bits per heavy atom. The smallest absolute Gasteiger partial charge is 0.319 e. The van der Waals surface area contributed by atoms with Gasteiger partial charge in [-0.2, -0.15) is 9.97 Å². The molecule has 3 aromatic carbocycles. The van der Waals surface area contributed by atoms with Gasteiger partial charge in [0.2, 0.25) is 0 Å². The number of nitrogens with zero attached hydrogens (tertiary/aromatic N) is 4. The molecule has 4 aliphatic rings. The Hall–Kier alpha value is -3.63. The molecule has 0 spiro atoms. The number of benzene rings is 3. The van der Waals surface area contributed by atoms with Crippen LogP contribution in [0.25, 0.3) is 32.8 Å². The normalized spacial score (nSPS) is 23.0. The first-order valence-corrected chi connectivity index (χ1v) is 15.3. The van der Waals surface area contributed by atoms with Crippen LogP contribution in [0.5, 0.6) is 11.8 Å². The lowest BCUT2D eigenvalue weighted by atomic mass is 9.95. The predicted molar refractivity (Wildman–Crippen MR) is 159 cm³/mol. The van der Waals surface area contributed by atoms with E-state index in [9.17, 15) is 9.50 Å². The molecular weight excluding hydrogens is 555 g/mol. The third-order valence-electron chi connectivity index (χ3n) is 9.79. The van der Waals surface area contributed by atoms with Crippen LogP contribution >= 0.6 is 0 Å². The van der Waals surface area contributed by atoms with Crippen LogP contribution in [0, 0.1) is 22.9 Å². The average molecular weight is 590 g/mol. The van der Waals surface area contributed by atoms with Gasteiger partial charge in [0.1, 0.15) is 17.1 Å². The summed E-state index contributed by atoms with van der Waals surface area (Å²) in [7, 11) is 0. The fourth-order valence-corrected chi connectivity index (χ4v) is 7.36. The first-order valence-electron chi connectivity index (χ1n) is 15.3. The third kappa shape index (κ3) is 4.84. The van der Waals surface area contributed by atoms with Crippen molar-refractivity contribution in [2.24, 2.45) is 5.41 Å². The Balaban J connectivity index is 1.23. The van der Waals surface area contributed by atoms with E-state index >= 15 is 8.78 Å². The zero-order chi connectivity index (χ0) is 29.3. The molecule has 1 aromatic heterocycles. The minimum Gasteiger partial charge on any atom is -0.508 e. The number of halogens is 3. The van der Waals surface area contributed by atoms with Gasteiger partial charge in [-0.15, -0.1) is 0 Å². The molecule has 3 saturated heterocycles. The van der Waals surface area contributed by atoms with Gasteiger partial charge in [-0.05, 0) is 86.8 Å². The van der Waals surface area contributed by atoms with Gasteiger partial charge in [0.15, 0.2) is 17.5 Å². The Bertz CT molecular complexity index is 1730. The fourth-order valence-electron chi connectivity index (χ4n) is 7.36. The Morgan fingerprint density at radius 2 is 1.70 bits per heavy atom. The number of likely N-dealkylation sites (tertiary alicyclic amines) is 1. The second-order valence-corrected chi connectivity index (χ2v) is 12.9. The van der Waals surface area contributed by atoms with Gasteiger partial charge in [-0.3, -0.25) is 0 Å². The molecule has 4 aromatic rings. The molecule has 2 bridgehead atoms. The quantitative estimate of drug-likeness (QED) is 0.284. The van der Waals surface area contributed by atoms with Crippen LogP contribution in [0.4, 0.5) is 19.0 Å². The zero-order valence-electron chi connectivity index (χ0n) is 23.9. The maximum absolute atomic E-state index is 16.6. The molecule has 0 amide bonds. The van der Waals surface area contributed by atoms with Gasteiger partial charge in [0, 0.05) is 53.5 Å². The van der Waals surface area contributed by atoms with Crippen LogP contribution in [0.2, 0.25) is 0 Å². The summed E-state index contributed by atoms with van der Waals surface area (Å²) < 4.78 is 52.3. The van der Waals surface area contributed by atoms with Crippen molar-refractivity contribution >= 4 is 27.5 Å². The summed E-state index contributed by atoms with van der Waals surface area (Å²) in [5, 5.41) is 14.7.